The molecule has 32 heavy (non-hydrogen) atoms. The van der Waals surface area contributed by atoms with Crippen molar-refractivity contribution in [3.63, 3.8) is 0 Å². The predicted molar refractivity (Wildman–Crippen MR) is 125 cm³/mol. The molecule has 0 bridgehead atoms. The van der Waals surface area contributed by atoms with E-state index in [0.717, 1.165) is 36.8 Å². The second-order valence-corrected chi connectivity index (χ2v) is 9.45. The van der Waals surface area contributed by atoms with E-state index < -0.39 is 0 Å². The van der Waals surface area contributed by atoms with Crippen LogP contribution in [0.25, 0.3) is 0 Å². The Balaban J connectivity index is 1.48. The molecule has 1 aliphatic heterocycles. The van der Waals surface area contributed by atoms with Crippen LogP contribution in [0.5, 0.6) is 0 Å². The maximum atomic E-state index is 13.3. The number of rotatable bonds is 7. The van der Waals surface area contributed by atoms with Gasteiger partial charge in [0.2, 0.25) is 11.8 Å². The van der Waals surface area contributed by atoms with Crippen LogP contribution in [0.2, 0.25) is 5.02 Å². The fraction of sp³-hybridized carbons (Fsp3) is 0.462. The van der Waals surface area contributed by atoms with Crippen LogP contribution in [-0.2, 0) is 14.3 Å². The van der Waals surface area contributed by atoms with Crippen LogP contribution in [0.4, 0.5) is 0 Å². The van der Waals surface area contributed by atoms with Crippen molar-refractivity contribution in [2.45, 2.75) is 44.6 Å². The number of benzene rings is 2. The molecule has 0 radical (unpaired) electrons. The first-order chi connectivity index (χ1) is 15.5. The molecule has 0 spiro atoms. The number of amides is 2. The highest BCUT2D eigenvalue weighted by atomic mass is 35.5. The van der Waals surface area contributed by atoms with E-state index in [4.69, 9.17) is 16.3 Å². The monoisotopic (exact) mass is 454 g/mol. The van der Waals surface area contributed by atoms with Gasteiger partial charge in [-0.1, -0.05) is 66.9 Å². The van der Waals surface area contributed by atoms with Crippen molar-refractivity contribution in [1.29, 1.82) is 0 Å². The van der Waals surface area contributed by atoms with Crippen molar-refractivity contribution >= 4 is 23.4 Å². The smallest absolute Gasteiger partial charge is 0.223 e. The lowest BCUT2D eigenvalue weighted by atomic mass is 9.78. The van der Waals surface area contributed by atoms with Crippen LogP contribution in [0.1, 0.15) is 55.7 Å². The predicted octanol–water partition coefficient (Wildman–Crippen LogP) is 4.75. The summed E-state index contributed by atoms with van der Waals surface area (Å²) < 4.78 is 5.38. The summed E-state index contributed by atoms with van der Waals surface area (Å²) in [5.41, 5.74) is 1.76. The van der Waals surface area contributed by atoms with Crippen molar-refractivity contribution in [1.82, 2.24) is 10.2 Å². The van der Waals surface area contributed by atoms with E-state index in [1.54, 1.807) is 0 Å². The molecule has 1 saturated carbocycles. The van der Waals surface area contributed by atoms with Gasteiger partial charge in [0.1, 0.15) is 0 Å². The van der Waals surface area contributed by atoms with Crippen LogP contribution in [0.3, 0.4) is 0 Å². The Kier molecular flexibility index (Phi) is 7.48. The lowest BCUT2D eigenvalue weighted by molar-refractivity contribution is -0.138. The second kappa shape index (κ2) is 10.5. The van der Waals surface area contributed by atoms with Crippen LogP contribution in [0.15, 0.2) is 54.6 Å². The normalized spacial score (nSPS) is 18.8. The van der Waals surface area contributed by atoms with Crippen LogP contribution in [0, 0.1) is 5.41 Å². The van der Waals surface area contributed by atoms with E-state index in [9.17, 15) is 9.59 Å². The van der Waals surface area contributed by atoms with Crippen LogP contribution >= 0.6 is 11.6 Å². The summed E-state index contributed by atoms with van der Waals surface area (Å²) in [5.74, 6) is 0.144. The van der Waals surface area contributed by atoms with Gasteiger partial charge < -0.3 is 15.0 Å². The fourth-order valence-corrected chi connectivity index (χ4v) is 5.12. The van der Waals surface area contributed by atoms with Gasteiger partial charge in [-0.2, -0.15) is 0 Å². The fourth-order valence-electron chi connectivity index (χ4n) is 5.00. The molecule has 2 aromatic rings. The number of carbonyl (C=O) groups excluding carboxylic acids is 2. The molecule has 2 amide bonds. The summed E-state index contributed by atoms with van der Waals surface area (Å²) in [7, 11) is 0. The summed E-state index contributed by atoms with van der Waals surface area (Å²) in [6, 6.07) is 17.3. The zero-order valence-electron chi connectivity index (χ0n) is 18.4. The first-order valence-corrected chi connectivity index (χ1v) is 11.9. The number of halogens is 1. The molecule has 1 aliphatic carbocycles. The molecule has 170 valence electrons. The summed E-state index contributed by atoms with van der Waals surface area (Å²) >= 11 is 6.08. The van der Waals surface area contributed by atoms with Gasteiger partial charge in [0.15, 0.2) is 0 Å². The minimum atomic E-state index is -0.255. The van der Waals surface area contributed by atoms with Gasteiger partial charge in [-0.25, -0.2) is 0 Å². The molecule has 6 heteroatoms. The highest BCUT2D eigenvalue weighted by Gasteiger charge is 2.39. The molecule has 1 N–H and O–H groups in total. The minimum Gasteiger partial charge on any atom is -0.378 e. The number of carbonyl (C=O) groups is 2. The largest absolute Gasteiger partial charge is 0.378 e. The Labute approximate surface area is 195 Å². The molecule has 1 saturated heterocycles. The molecule has 1 unspecified atom stereocenters. The zero-order valence-corrected chi connectivity index (χ0v) is 19.2. The number of ether oxygens (including phenoxy) is 1. The molecular formula is C26H31ClN2O3. The number of hydrogen-bond donors (Lipinski definition) is 1. The Morgan fingerprint density at radius 1 is 0.938 bits per heavy atom. The highest BCUT2D eigenvalue weighted by molar-refractivity contribution is 6.30. The minimum absolute atomic E-state index is 0.00881. The number of morpholine rings is 1. The third-order valence-electron chi connectivity index (χ3n) is 6.73. The van der Waals surface area contributed by atoms with Gasteiger partial charge in [0.05, 0.1) is 19.3 Å². The Morgan fingerprint density at radius 2 is 1.56 bits per heavy atom. The molecule has 2 aromatic carbocycles. The summed E-state index contributed by atoms with van der Waals surface area (Å²) in [6.07, 6.45) is 4.81. The standard InChI is InChI=1S/C26H31ClN2O3/c27-22-10-8-21(9-11-22)25(20-6-2-1-3-7-20)28-23(30)18-26(12-4-5-13-26)19-24(31)29-14-16-32-17-15-29/h1-3,6-11,25H,4-5,12-19H2,(H,28,30). The second-order valence-electron chi connectivity index (χ2n) is 9.02. The SMILES string of the molecule is O=C(CC1(CC(=O)N2CCOCC2)CCCC1)NC(c1ccccc1)c1ccc(Cl)cc1. The quantitative estimate of drug-likeness (QED) is 0.657. The van der Waals surface area contributed by atoms with E-state index in [0.29, 0.717) is 44.2 Å². The third kappa shape index (κ3) is 5.70. The highest BCUT2D eigenvalue weighted by Crippen LogP contribution is 2.44. The number of nitrogens with zero attached hydrogens (tertiary/aromatic N) is 1. The van der Waals surface area contributed by atoms with Crippen LogP contribution in [-0.4, -0.2) is 43.0 Å². The average molecular weight is 455 g/mol. The lowest BCUT2D eigenvalue weighted by Crippen LogP contribution is -2.43. The van der Waals surface area contributed by atoms with Crippen molar-refractivity contribution in [2.75, 3.05) is 26.3 Å². The zero-order chi connectivity index (χ0) is 22.4. The Bertz CT molecular complexity index is 904. The number of hydrogen-bond acceptors (Lipinski definition) is 3. The molecule has 2 aliphatic rings. The van der Waals surface area contributed by atoms with Crippen molar-refractivity contribution in [2.24, 2.45) is 5.41 Å². The summed E-state index contributed by atoms with van der Waals surface area (Å²) in [5, 5.41) is 3.91. The van der Waals surface area contributed by atoms with Gasteiger partial charge in [-0.05, 0) is 41.5 Å². The van der Waals surface area contributed by atoms with E-state index in [2.05, 4.69) is 5.32 Å². The molecule has 5 nitrogen and oxygen atoms in total. The topological polar surface area (TPSA) is 58.6 Å². The number of nitrogens with one attached hydrogen (secondary N) is 1. The van der Waals surface area contributed by atoms with E-state index in [1.807, 2.05) is 59.5 Å². The maximum absolute atomic E-state index is 13.3. The van der Waals surface area contributed by atoms with Gasteiger partial charge in [-0.15, -0.1) is 0 Å². The van der Waals surface area contributed by atoms with Gasteiger partial charge >= 0.3 is 0 Å². The molecule has 4 rings (SSSR count). The Morgan fingerprint density at radius 3 is 2.22 bits per heavy atom. The molecule has 2 fully saturated rings. The average Bonchev–Trinajstić information content (AvgIpc) is 3.27. The van der Waals surface area contributed by atoms with Gasteiger partial charge in [-0.3, -0.25) is 9.59 Å². The van der Waals surface area contributed by atoms with Crippen molar-refractivity contribution in [3.05, 3.63) is 70.7 Å². The Hall–Kier alpha value is -2.37. The first-order valence-electron chi connectivity index (χ1n) is 11.5. The van der Waals surface area contributed by atoms with Crippen LogP contribution < -0.4 is 5.32 Å². The van der Waals surface area contributed by atoms with Gasteiger partial charge in [0, 0.05) is 31.0 Å². The lowest BCUT2D eigenvalue weighted by Gasteiger charge is -2.33. The molecular weight excluding hydrogens is 424 g/mol. The van der Waals surface area contributed by atoms with E-state index in [-0.39, 0.29) is 23.3 Å². The van der Waals surface area contributed by atoms with E-state index in [1.165, 1.54) is 0 Å². The first kappa shape index (κ1) is 22.8. The molecule has 1 atom stereocenters. The summed E-state index contributed by atoms with van der Waals surface area (Å²) in [4.78, 5) is 28.2. The van der Waals surface area contributed by atoms with Crippen molar-refractivity contribution < 1.29 is 14.3 Å². The molecule has 1 heterocycles. The van der Waals surface area contributed by atoms with E-state index >= 15 is 0 Å². The maximum Gasteiger partial charge on any atom is 0.223 e. The molecule has 0 aromatic heterocycles. The van der Waals surface area contributed by atoms with Gasteiger partial charge in [0.25, 0.3) is 0 Å². The third-order valence-corrected chi connectivity index (χ3v) is 6.98. The summed E-state index contributed by atoms with van der Waals surface area (Å²) in [6.45, 7) is 2.49. The van der Waals surface area contributed by atoms with Crippen molar-refractivity contribution in [3.8, 4) is 0 Å².